The third kappa shape index (κ3) is 6.25. The molecular weight excluding hydrogens is 547 g/mol. The zero-order chi connectivity index (χ0) is 29.2. The smallest absolute Gasteiger partial charge is 0.377 e. The van der Waals surface area contributed by atoms with Crippen LogP contribution < -0.4 is 5.32 Å². The summed E-state index contributed by atoms with van der Waals surface area (Å²) in [6.07, 6.45) is 0.452. The first-order valence-corrected chi connectivity index (χ1v) is 13.6. The van der Waals surface area contributed by atoms with Gasteiger partial charge in [0.05, 0.1) is 29.7 Å². The lowest BCUT2D eigenvalue weighted by Crippen LogP contribution is -2.42. The molecule has 1 fully saturated rings. The van der Waals surface area contributed by atoms with Crippen LogP contribution >= 0.6 is 11.6 Å². The lowest BCUT2D eigenvalue weighted by atomic mass is 9.96. The second kappa shape index (κ2) is 12.1. The number of nitrogens with one attached hydrogen (secondary N) is 1. The number of alkyl halides is 3. The summed E-state index contributed by atoms with van der Waals surface area (Å²) in [4.78, 5) is 30.5. The van der Waals surface area contributed by atoms with Crippen molar-refractivity contribution in [3.8, 4) is 0 Å². The highest BCUT2D eigenvalue weighted by molar-refractivity contribution is 6.29. The van der Waals surface area contributed by atoms with Gasteiger partial charge in [-0.3, -0.25) is 9.59 Å². The molecule has 216 valence electrons. The molecule has 2 unspecified atom stereocenters. The maximum Gasteiger partial charge on any atom is 0.413 e. The van der Waals surface area contributed by atoms with Crippen LogP contribution in [-0.2, 0) is 14.3 Å². The van der Waals surface area contributed by atoms with E-state index in [9.17, 15) is 22.8 Å². The van der Waals surface area contributed by atoms with Crippen molar-refractivity contribution in [3.63, 3.8) is 0 Å². The summed E-state index contributed by atoms with van der Waals surface area (Å²) in [6.45, 7) is 3.74. The Morgan fingerprint density at radius 2 is 1.90 bits per heavy atom. The highest BCUT2D eigenvalue weighted by Crippen LogP contribution is 2.41. The van der Waals surface area contributed by atoms with Gasteiger partial charge in [0.25, 0.3) is 0 Å². The van der Waals surface area contributed by atoms with Crippen LogP contribution in [0.2, 0.25) is 5.15 Å². The quantitative estimate of drug-likeness (QED) is 0.288. The van der Waals surface area contributed by atoms with Crippen molar-refractivity contribution in [2.45, 2.75) is 64.3 Å². The number of carbonyl (C=O) groups excluding carboxylic acids is 2. The van der Waals surface area contributed by atoms with Crippen LogP contribution in [0.25, 0.3) is 5.65 Å². The van der Waals surface area contributed by atoms with Crippen molar-refractivity contribution in [3.05, 3.63) is 52.9 Å². The van der Waals surface area contributed by atoms with Crippen molar-refractivity contribution < 1.29 is 27.5 Å². The largest absolute Gasteiger partial charge is 0.413 e. The molecule has 2 heterocycles. The van der Waals surface area contributed by atoms with Crippen LogP contribution in [-0.4, -0.2) is 51.5 Å². The van der Waals surface area contributed by atoms with E-state index in [0.717, 1.165) is 4.90 Å². The number of imidazole rings is 1. The monoisotopic (exact) mass is 579 g/mol. The number of ether oxygens (including phenoxy) is 1. The molecule has 1 aliphatic rings. The van der Waals surface area contributed by atoms with Crippen molar-refractivity contribution in [2.24, 2.45) is 11.8 Å². The summed E-state index contributed by atoms with van der Waals surface area (Å²) in [7, 11) is 2.73. The Kier molecular flexibility index (Phi) is 9.04. The Bertz CT molecular complexity index is 1360. The van der Waals surface area contributed by atoms with Crippen LogP contribution in [0.3, 0.4) is 0 Å². The SMILES string of the molecule is CCCC(=O)C1CCC(C(=O)N(C)[C@@H](c2ccc(Nc3cnn4cc(Cl)nc4c3[C@H](C)OC)cc2)C(F)(F)F)C1. The van der Waals surface area contributed by atoms with E-state index in [0.29, 0.717) is 54.7 Å². The minimum absolute atomic E-state index is 0.0652. The van der Waals surface area contributed by atoms with Crippen molar-refractivity contribution in [2.75, 3.05) is 19.5 Å². The molecule has 1 aromatic carbocycles. The van der Waals surface area contributed by atoms with Gasteiger partial charge in [0, 0.05) is 38.1 Å². The summed E-state index contributed by atoms with van der Waals surface area (Å²) in [5, 5.41) is 7.74. The lowest BCUT2D eigenvalue weighted by Gasteiger charge is -2.32. The minimum atomic E-state index is -4.69. The van der Waals surface area contributed by atoms with E-state index in [1.54, 1.807) is 19.5 Å². The number of ketones is 1. The Hall–Kier alpha value is -3.18. The van der Waals surface area contributed by atoms with E-state index < -0.39 is 24.0 Å². The van der Waals surface area contributed by atoms with E-state index in [-0.39, 0.29) is 28.5 Å². The van der Waals surface area contributed by atoms with Crippen molar-refractivity contribution >= 4 is 40.3 Å². The van der Waals surface area contributed by atoms with Gasteiger partial charge in [-0.25, -0.2) is 9.50 Å². The number of carbonyl (C=O) groups is 2. The Labute approximate surface area is 235 Å². The van der Waals surface area contributed by atoms with Gasteiger partial charge in [0.15, 0.2) is 11.7 Å². The van der Waals surface area contributed by atoms with Gasteiger partial charge in [-0.05, 0) is 50.3 Å². The topological polar surface area (TPSA) is 88.8 Å². The summed E-state index contributed by atoms with van der Waals surface area (Å²) in [5.41, 5.74) is 2.18. The molecule has 12 heteroatoms. The molecule has 4 atom stereocenters. The molecule has 0 bridgehead atoms. The lowest BCUT2D eigenvalue weighted by molar-refractivity contribution is -0.190. The highest BCUT2D eigenvalue weighted by atomic mass is 35.5. The van der Waals surface area contributed by atoms with Crippen LogP contribution in [0, 0.1) is 11.8 Å². The van der Waals surface area contributed by atoms with Crippen molar-refractivity contribution in [1.29, 1.82) is 0 Å². The molecule has 0 saturated heterocycles. The number of halogens is 4. The number of nitrogens with zero attached hydrogens (tertiary/aromatic N) is 4. The van der Waals surface area contributed by atoms with E-state index in [2.05, 4.69) is 15.4 Å². The summed E-state index contributed by atoms with van der Waals surface area (Å²) < 4.78 is 49.9. The zero-order valence-corrected chi connectivity index (χ0v) is 23.6. The van der Waals surface area contributed by atoms with E-state index >= 15 is 0 Å². The highest BCUT2D eigenvalue weighted by Gasteiger charge is 2.47. The minimum Gasteiger partial charge on any atom is -0.377 e. The summed E-state index contributed by atoms with van der Waals surface area (Å²) in [6, 6.07) is 3.62. The fourth-order valence-electron chi connectivity index (χ4n) is 5.44. The van der Waals surface area contributed by atoms with E-state index in [4.69, 9.17) is 16.3 Å². The number of amides is 1. The Balaban J connectivity index is 1.55. The fraction of sp³-hybridized carbons (Fsp3) is 0.500. The summed E-state index contributed by atoms with van der Waals surface area (Å²) >= 11 is 6.05. The van der Waals surface area contributed by atoms with E-state index in [1.165, 1.54) is 35.8 Å². The fourth-order valence-corrected chi connectivity index (χ4v) is 5.62. The second-order valence-electron chi connectivity index (χ2n) is 10.2. The van der Waals surface area contributed by atoms with Crippen LogP contribution in [0.5, 0.6) is 0 Å². The van der Waals surface area contributed by atoms with Gasteiger partial charge in [0.2, 0.25) is 5.91 Å². The molecule has 1 aliphatic carbocycles. The molecule has 0 radical (unpaired) electrons. The maximum atomic E-state index is 14.3. The van der Waals surface area contributed by atoms with Crippen LogP contribution in [0.4, 0.5) is 24.5 Å². The molecule has 1 amide bonds. The van der Waals surface area contributed by atoms with Crippen LogP contribution in [0.1, 0.15) is 69.2 Å². The molecule has 1 N–H and O–H groups in total. The zero-order valence-electron chi connectivity index (χ0n) is 22.8. The normalized spacial score (nSPS) is 19.0. The number of fused-ring (bicyclic) bond motifs is 1. The maximum absolute atomic E-state index is 14.3. The number of benzene rings is 1. The molecule has 8 nitrogen and oxygen atoms in total. The molecular formula is C28H33ClF3N5O3. The molecule has 40 heavy (non-hydrogen) atoms. The Morgan fingerprint density at radius 1 is 1.23 bits per heavy atom. The van der Waals surface area contributed by atoms with Gasteiger partial charge in [0.1, 0.15) is 10.9 Å². The van der Waals surface area contributed by atoms with Gasteiger partial charge >= 0.3 is 6.18 Å². The number of anilines is 2. The first kappa shape index (κ1) is 29.8. The molecule has 1 saturated carbocycles. The molecule has 4 rings (SSSR count). The second-order valence-corrected chi connectivity index (χ2v) is 10.6. The van der Waals surface area contributed by atoms with Gasteiger partial charge < -0.3 is 15.0 Å². The molecule has 3 aromatic rings. The number of methoxy groups -OCH3 is 1. The number of hydrogen-bond donors (Lipinski definition) is 1. The van der Waals surface area contributed by atoms with E-state index in [1.807, 2.05) is 13.8 Å². The Morgan fingerprint density at radius 3 is 2.52 bits per heavy atom. The molecule has 2 aromatic heterocycles. The van der Waals surface area contributed by atoms with Gasteiger partial charge in [-0.1, -0.05) is 30.7 Å². The van der Waals surface area contributed by atoms with Crippen LogP contribution in [0.15, 0.2) is 36.7 Å². The standard InChI is InChI=1S/C28H33ClF3N5O3/c1-5-6-22(38)18-7-8-19(13-18)27(39)36(3)25(28(30,31)32)17-9-11-20(12-10-17)34-21-14-33-37-15-23(29)35-26(37)24(21)16(2)40-4/h9-12,14-16,18-19,25,34H,5-8,13H2,1-4H3/t16-,18?,19?,25-/m0/s1. The first-order chi connectivity index (χ1) is 18.9. The average Bonchev–Trinajstić information content (AvgIpc) is 3.54. The van der Waals surface area contributed by atoms with Crippen molar-refractivity contribution in [1.82, 2.24) is 19.5 Å². The number of hydrogen-bond acceptors (Lipinski definition) is 6. The molecule has 0 spiro atoms. The molecule has 0 aliphatic heterocycles. The predicted octanol–water partition coefficient (Wildman–Crippen LogP) is 6.68. The van der Waals surface area contributed by atoms with Gasteiger partial charge in [-0.2, -0.15) is 18.3 Å². The third-order valence-corrected chi connectivity index (χ3v) is 7.73. The average molecular weight is 580 g/mol. The van der Waals surface area contributed by atoms with Gasteiger partial charge in [-0.15, -0.1) is 0 Å². The number of Topliss-reactive ketones (excluding diaryl/α,β-unsaturated/α-hetero) is 1. The first-order valence-electron chi connectivity index (χ1n) is 13.2. The number of rotatable bonds is 10. The predicted molar refractivity (Wildman–Crippen MR) is 145 cm³/mol. The number of aromatic nitrogens is 3. The third-order valence-electron chi connectivity index (χ3n) is 7.54. The summed E-state index contributed by atoms with van der Waals surface area (Å²) in [5.74, 6) is -1.35.